The summed E-state index contributed by atoms with van der Waals surface area (Å²) in [5.74, 6) is 0. The minimum Gasteiger partial charge on any atom is -0.399 e. The molecule has 2 rings (SSSR count). The Morgan fingerprint density at radius 1 is 1.60 bits per heavy atom. The SMILES string of the molecule is C=C(N)c1csc2c1CCNC2.CCC. The first kappa shape index (κ1) is 12.3. The molecule has 0 aromatic carbocycles. The lowest BCUT2D eigenvalue weighted by Gasteiger charge is -2.13. The molecular formula is C12H20N2S. The Balaban J connectivity index is 0.000000337. The molecule has 0 atom stereocenters. The molecule has 1 aliphatic heterocycles. The average molecular weight is 224 g/mol. The Labute approximate surface area is 96.2 Å². The van der Waals surface area contributed by atoms with E-state index in [9.17, 15) is 0 Å². The summed E-state index contributed by atoms with van der Waals surface area (Å²) < 4.78 is 0. The second kappa shape index (κ2) is 5.93. The van der Waals surface area contributed by atoms with Crippen molar-refractivity contribution in [1.29, 1.82) is 0 Å². The Morgan fingerprint density at radius 2 is 2.27 bits per heavy atom. The number of thiophene rings is 1. The lowest BCUT2D eigenvalue weighted by atomic mass is 10.0. The Bertz CT molecular complexity index is 328. The van der Waals surface area contributed by atoms with Gasteiger partial charge >= 0.3 is 0 Å². The van der Waals surface area contributed by atoms with Crippen LogP contribution in [-0.4, -0.2) is 6.54 Å². The molecule has 84 valence electrons. The molecule has 1 aromatic rings. The summed E-state index contributed by atoms with van der Waals surface area (Å²) in [6, 6.07) is 0. The van der Waals surface area contributed by atoms with Crippen LogP contribution in [0.3, 0.4) is 0 Å². The van der Waals surface area contributed by atoms with Crippen molar-refractivity contribution < 1.29 is 0 Å². The minimum absolute atomic E-state index is 0.703. The van der Waals surface area contributed by atoms with Crippen molar-refractivity contribution in [3.63, 3.8) is 0 Å². The Kier molecular flexibility index (Phi) is 4.85. The van der Waals surface area contributed by atoms with Crippen molar-refractivity contribution in [2.24, 2.45) is 5.73 Å². The van der Waals surface area contributed by atoms with Crippen LogP contribution in [0.15, 0.2) is 12.0 Å². The molecule has 15 heavy (non-hydrogen) atoms. The van der Waals surface area contributed by atoms with Gasteiger partial charge in [0.05, 0.1) is 0 Å². The molecule has 1 aromatic heterocycles. The molecule has 0 radical (unpaired) electrons. The standard InChI is InChI=1S/C9H12N2S.C3H8/c1-6(10)8-5-12-9-4-11-3-2-7(8)9;1-3-2/h5,11H,1-4,10H2;3H2,1-2H3. The van der Waals surface area contributed by atoms with Crippen LogP contribution in [0.25, 0.3) is 5.70 Å². The Morgan fingerprint density at radius 3 is 2.87 bits per heavy atom. The van der Waals surface area contributed by atoms with Gasteiger partial charge in [-0.05, 0) is 18.5 Å². The lowest BCUT2D eigenvalue weighted by molar-refractivity contribution is 0.654. The number of nitrogens with two attached hydrogens (primary N) is 1. The van der Waals surface area contributed by atoms with E-state index in [0.29, 0.717) is 5.70 Å². The van der Waals surface area contributed by atoms with Crippen LogP contribution in [0, 0.1) is 0 Å². The molecule has 2 nitrogen and oxygen atoms in total. The summed E-state index contributed by atoms with van der Waals surface area (Å²) in [5, 5.41) is 5.44. The van der Waals surface area contributed by atoms with Crippen LogP contribution in [-0.2, 0) is 13.0 Å². The second-order valence-corrected chi connectivity index (χ2v) is 4.67. The smallest absolute Gasteiger partial charge is 0.0325 e. The van der Waals surface area contributed by atoms with Crippen LogP contribution in [0.2, 0.25) is 0 Å². The summed E-state index contributed by atoms with van der Waals surface area (Å²) in [5.41, 5.74) is 8.95. The van der Waals surface area contributed by atoms with Gasteiger partial charge in [0.15, 0.2) is 0 Å². The van der Waals surface area contributed by atoms with Crippen molar-refractivity contribution in [3.8, 4) is 0 Å². The third-order valence-electron chi connectivity index (χ3n) is 2.16. The van der Waals surface area contributed by atoms with Gasteiger partial charge in [-0.3, -0.25) is 0 Å². The van der Waals surface area contributed by atoms with Gasteiger partial charge in [-0.1, -0.05) is 26.8 Å². The average Bonchev–Trinajstić information content (AvgIpc) is 2.62. The number of nitrogens with one attached hydrogen (secondary N) is 1. The minimum atomic E-state index is 0.703. The number of hydrogen-bond donors (Lipinski definition) is 2. The van der Waals surface area contributed by atoms with E-state index in [4.69, 9.17) is 5.73 Å². The molecule has 0 fully saturated rings. The fraction of sp³-hybridized carbons (Fsp3) is 0.500. The normalized spacial score (nSPS) is 13.7. The fourth-order valence-electron chi connectivity index (χ4n) is 1.53. The van der Waals surface area contributed by atoms with E-state index in [1.54, 1.807) is 11.3 Å². The van der Waals surface area contributed by atoms with E-state index >= 15 is 0 Å². The van der Waals surface area contributed by atoms with Crippen molar-refractivity contribution >= 4 is 17.0 Å². The first-order valence-electron chi connectivity index (χ1n) is 5.45. The molecule has 0 bridgehead atoms. The maximum absolute atomic E-state index is 5.67. The van der Waals surface area contributed by atoms with Crippen LogP contribution in [0.4, 0.5) is 0 Å². The highest BCUT2D eigenvalue weighted by Gasteiger charge is 2.15. The summed E-state index contributed by atoms with van der Waals surface area (Å²) in [6.07, 6.45) is 2.34. The Hall–Kier alpha value is -0.800. The molecule has 0 aliphatic carbocycles. The van der Waals surface area contributed by atoms with Crippen LogP contribution in [0.1, 0.15) is 36.3 Å². The van der Waals surface area contributed by atoms with Crippen LogP contribution in [0.5, 0.6) is 0 Å². The van der Waals surface area contributed by atoms with Gasteiger partial charge in [0.1, 0.15) is 0 Å². The second-order valence-electron chi connectivity index (χ2n) is 3.71. The van der Waals surface area contributed by atoms with E-state index in [1.807, 2.05) is 0 Å². The number of hydrogen-bond acceptors (Lipinski definition) is 3. The first-order valence-corrected chi connectivity index (χ1v) is 6.33. The van der Waals surface area contributed by atoms with Crippen molar-refractivity contribution in [3.05, 3.63) is 28.0 Å². The van der Waals surface area contributed by atoms with E-state index in [0.717, 1.165) is 25.1 Å². The molecule has 0 spiro atoms. The summed E-state index contributed by atoms with van der Waals surface area (Å²) in [6.45, 7) is 10.1. The molecular weight excluding hydrogens is 204 g/mol. The maximum atomic E-state index is 5.67. The summed E-state index contributed by atoms with van der Waals surface area (Å²) in [4.78, 5) is 1.42. The van der Waals surface area contributed by atoms with Gasteiger partial charge in [-0.25, -0.2) is 0 Å². The quantitative estimate of drug-likeness (QED) is 0.770. The largest absolute Gasteiger partial charge is 0.399 e. The van der Waals surface area contributed by atoms with Gasteiger partial charge in [0.25, 0.3) is 0 Å². The van der Waals surface area contributed by atoms with Gasteiger partial charge in [-0.2, -0.15) is 0 Å². The zero-order chi connectivity index (χ0) is 11.3. The summed E-state index contributed by atoms with van der Waals surface area (Å²) >= 11 is 1.78. The van der Waals surface area contributed by atoms with Gasteiger partial charge in [-0.15, -0.1) is 11.3 Å². The van der Waals surface area contributed by atoms with Crippen molar-refractivity contribution in [1.82, 2.24) is 5.32 Å². The first-order chi connectivity index (χ1) is 7.20. The van der Waals surface area contributed by atoms with E-state index < -0.39 is 0 Å². The molecule has 0 unspecified atom stereocenters. The lowest BCUT2D eigenvalue weighted by Crippen LogP contribution is -2.22. The highest BCUT2D eigenvalue weighted by atomic mass is 32.1. The number of fused-ring (bicyclic) bond motifs is 1. The highest BCUT2D eigenvalue weighted by molar-refractivity contribution is 7.10. The van der Waals surface area contributed by atoms with Crippen molar-refractivity contribution in [2.75, 3.05) is 6.54 Å². The highest BCUT2D eigenvalue weighted by Crippen LogP contribution is 2.27. The van der Waals surface area contributed by atoms with E-state index in [-0.39, 0.29) is 0 Å². The third kappa shape index (κ3) is 3.08. The molecule has 3 heteroatoms. The molecule has 2 heterocycles. The van der Waals surface area contributed by atoms with Gasteiger partial charge in [0, 0.05) is 28.1 Å². The van der Waals surface area contributed by atoms with Crippen LogP contribution >= 0.6 is 11.3 Å². The number of rotatable bonds is 1. The molecule has 0 saturated heterocycles. The van der Waals surface area contributed by atoms with E-state index in [1.165, 1.54) is 16.9 Å². The summed E-state index contributed by atoms with van der Waals surface area (Å²) in [7, 11) is 0. The van der Waals surface area contributed by atoms with E-state index in [2.05, 4.69) is 31.1 Å². The molecule has 3 N–H and O–H groups in total. The predicted octanol–water partition coefficient (Wildman–Crippen LogP) is 2.74. The van der Waals surface area contributed by atoms with Gasteiger partial charge in [0.2, 0.25) is 0 Å². The van der Waals surface area contributed by atoms with Gasteiger partial charge < -0.3 is 11.1 Å². The predicted molar refractivity (Wildman–Crippen MR) is 68.9 cm³/mol. The zero-order valence-corrected chi connectivity index (χ0v) is 10.4. The monoisotopic (exact) mass is 224 g/mol. The molecule has 1 aliphatic rings. The maximum Gasteiger partial charge on any atom is 0.0325 e. The van der Waals surface area contributed by atoms with Crippen molar-refractivity contribution in [2.45, 2.75) is 33.2 Å². The molecule has 0 saturated carbocycles. The fourth-order valence-corrected chi connectivity index (χ4v) is 2.62. The molecule has 0 amide bonds. The third-order valence-corrected chi connectivity index (χ3v) is 3.19. The van der Waals surface area contributed by atoms with Crippen LogP contribution < -0.4 is 11.1 Å². The topological polar surface area (TPSA) is 38.0 Å². The zero-order valence-electron chi connectivity index (χ0n) is 9.60.